The minimum Gasteiger partial charge on any atom is -0.497 e. The van der Waals surface area contributed by atoms with E-state index in [0.29, 0.717) is 13.0 Å². The standard InChI is InChI=1S/C9H14O3/c1-7(6-11-2)9-5-8(10)3-4-12-9/h3-4,7,9H,5-6H2,1-2H3. The van der Waals surface area contributed by atoms with Gasteiger partial charge >= 0.3 is 0 Å². The van der Waals surface area contributed by atoms with Gasteiger partial charge in [-0.25, -0.2) is 0 Å². The molecule has 2 atom stereocenters. The molecule has 0 aromatic rings. The Morgan fingerprint density at radius 1 is 1.83 bits per heavy atom. The molecule has 12 heavy (non-hydrogen) atoms. The number of rotatable bonds is 3. The Balaban J connectivity index is 2.42. The normalized spacial score (nSPS) is 25.2. The smallest absolute Gasteiger partial charge is 0.162 e. The molecule has 0 radical (unpaired) electrons. The van der Waals surface area contributed by atoms with Crippen LogP contribution in [0.2, 0.25) is 0 Å². The van der Waals surface area contributed by atoms with Crippen molar-refractivity contribution in [3.05, 3.63) is 12.3 Å². The van der Waals surface area contributed by atoms with Crippen LogP contribution < -0.4 is 0 Å². The van der Waals surface area contributed by atoms with Crippen LogP contribution in [0, 0.1) is 5.92 Å². The molecule has 1 aliphatic heterocycles. The van der Waals surface area contributed by atoms with Gasteiger partial charge in [0.05, 0.1) is 12.9 Å². The number of hydrogen-bond acceptors (Lipinski definition) is 3. The minimum atomic E-state index is -0.0116. The summed E-state index contributed by atoms with van der Waals surface area (Å²) in [6.07, 6.45) is 3.40. The fraction of sp³-hybridized carbons (Fsp3) is 0.667. The van der Waals surface area contributed by atoms with Crippen molar-refractivity contribution in [3.8, 4) is 0 Å². The molecule has 0 aliphatic carbocycles. The van der Waals surface area contributed by atoms with E-state index < -0.39 is 0 Å². The molecule has 0 saturated carbocycles. The Labute approximate surface area is 72.4 Å². The van der Waals surface area contributed by atoms with Crippen LogP contribution in [0.25, 0.3) is 0 Å². The van der Waals surface area contributed by atoms with Gasteiger partial charge in [-0.3, -0.25) is 4.79 Å². The van der Waals surface area contributed by atoms with Crippen molar-refractivity contribution in [2.24, 2.45) is 5.92 Å². The third-order valence-corrected chi connectivity index (χ3v) is 1.97. The molecule has 3 heteroatoms. The summed E-state index contributed by atoms with van der Waals surface area (Å²) in [5.41, 5.74) is 0. The molecule has 1 aliphatic rings. The molecule has 68 valence electrons. The molecule has 0 amide bonds. The number of hydrogen-bond donors (Lipinski definition) is 0. The molecule has 0 aromatic heterocycles. The van der Waals surface area contributed by atoms with E-state index in [1.807, 2.05) is 6.92 Å². The monoisotopic (exact) mass is 170 g/mol. The van der Waals surface area contributed by atoms with Crippen molar-refractivity contribution >= 4 is 5.78 Å². The van der Waals surface area contributed by atoms with Crippen LogP contribution in [0.1, 0.15) is 13.3 Å². The number of ether oxygens (including phenoxy) is 2. The Bertz CT molecular complexity index is 186. The van der Waals surface area contributed by atoms with Gasteiger partial charge in [0.1, 0.15) is 6.10 Å². The van der Waals surface area contributed by atoms with E-state index in [9.17, 15) is 4.79 Å². The molecular formula is C9H14O3. The van der Waals surface area contributed by atoms with Gasteiger partial charge in [-0.15, -0.1) is 0 Å². The predicted molar refractivity (Wildman–Crippen MR) is 44.7 cm³/mol. The number of ketones is 1. The van der Waals surface area contributed by atoms with Crippen LogP contribution in [-0.4, -0.2) is 25.6 Å². The number of carbonyl (C=O) groups is 1. The van der Waals surface area contributed by atoms with Gasteiger partial charge in [0.15, 0.2) is 5.78 Å². The number of allylic oxidation sites excluding steroid dienone is 1. The predicted octanol–water partition coefficient (Wildman–Crippen LogP) is 1.14. The van der Waals surface area contributed by atoms with Crippen molar-refractivity contribution in [3.63, 3.8) is 0 Å². The maximum Gasteiger partial charge on any atom is 0.162 e. The largest absolute Gasteiger partial charge is 0.497 e. The van der Waals surface area contributed by atoms with Crippen LogP contribution in [0.4, 0.5) is 0 Å². The minimum absolute atomic E-state index is 0.0116. The average Bonchev–Trinajstić information content (AvgIpc) is 2.05. The Hall–Kier alpha value is -0.830. The molecule has 0 N–H and O–H groups in total. The number of carbonyl (C=O) groups excluding carboxylic acids is 1. The number of methoxy groups -OCH3 is 1. The zero-order valence-corrected chi connectivity index (χ0v) is 7.45. The molecule has 0 saturated heterocycles. The summed E-state index contributed by atoms with van der Waals surface area (Å²) < 4.78 is 10.3. The lowest BCUT2D eigenvalue weighted by atomic mass is 9.99. The third-order valence-electron chi connectivity index (χ3n) is 1.97. The highest BCUT2D eigenvalue weighted by Crippen LogP contribution is 2.16. The summed E-state index contributed by atoms with van der Waals surface area (Å²) in [5, 5.41) is 0. The van der Waals surface area contributed by atoms with E-state index in [4.69, 9.17) is 9.47 Å². The van der Waals surface area contributed by atoms with Crippen molar-refractivity contribution < 1.29 is 14.3 Å². The molecule has 0 aromatic carbocycles. The van der Waals surface area contributed by atoms with E-state index in [0.717, 1.165) is 0 Å². The molecule has 0 bridgehead atoms. The van der Waals surface area contributed by atoms with Gasteiger partial charge in [0, 0.05) is 25.5 Å². The summed E-state index contributed by atoms with van der Waals surface area (Å²) in [5.74, 6) is 0.401. The zero-order chi connectivity index (χ0) is 8.97. The van der Waals surface area contributed by atoms with Crippen LogP contribution in [-0.2, 0) is 14.3 Å². The first kappa shape index (κ1) is 9.26. The van der Waals surface area contributed by atoms with E-state index in [-0.39, 0.29) is 17.8 Å². The molecule has 0 fully saturated rings. The maximum atomic E-state index is 11.0. The van der Waals surface area contributed by atoms with Gasteiger partial charge < -0.3 is 9.47 Å². The van der Waals surface area contributed by atoms with E-state index in [1.54, 1.807) is 7.11 Å². The molecule has 3 nitrogen and oxygen atoms in total. The van der Waals surface area contributed by atoms with Gasteiger partial charge in [0.25, 0.3) is 0 Å². The fourth-order valence-electron chi connectivity index (χ4n) is 1.24. The van der Waals surface area contributed by atoms with Gasteiger partial charge in [-0.05, 0) is 0 Å². The molecule has 0 spiro atoms. The van der Waals surface area contributed by atoms with Crippen LogP contribution in [0.3, 0.4) is 0 Å². The zero-order valence-electron chi connectivity index (χ0n) is 7.45. The SMILES string of the molecule is COCC(C)C1CC(=O)C=CO1. The van der Waals surface area contributed by atoms with Crippen molar-refractivity contribution in [2.75, 3.05) is 13.7 Å². The Kier molecular flexibility index (Phi) is 3.29. The van der Waals surface area contributed by atoms with Crippen LogP contribution in [0.15, 0.2) is 12.3 Å². The summed E-state index contributed by atoms with van der Waals surface area (Å²) >= 11 is 0. The molecule has 1 heterocycles. The lowest BCUT2D eigenvalue weighted by Gasteiger charge is -2.24. The highest BCUT2D eigenvalue weighted by molar-refractivity contribution is 5.90. The third kappa shape index (κ3) is 2.34. The summed E-state index contributed by atoms with van der Waals surface area (Å²) in [6.45, 7) is 2.65. The summed E-state index contributed by atoms with van der Waals surface area (Å²) in [6, 6.07) is 0. The average molecular weight is 170 g/mol. The van der Waals surface area contributed by atoms with Crippen molar-refractivity contribution in [2.45, 2.75) is 19.4 Å². The van der Waals surface area contributed by atoms with Crippen molar-refractivity contribution in [1.82, 2.24) is 0 Å². The second-order valence-electron chi connectivity index (χ2n) is 3.08. The fourth-order valence-corrected chi connectivity index (χ4v) is 1.24. The van der Waals surface area contributed by atoms with Crippen LogP contribution in [0.5, 0.6) is 0 Å². The van der Waals surface area contributed by atoms with Gasteiger partial charge in [0.2, 0.25) is 0 Å². The lowest BCUT2D eigenvalue weighted by molar-refractivity contribution is -0.119. The Morgan fingerprint density at radius 3 is 3.17 bits per heavy atom. The molecule has 1 rings (SSSR count). The first-order chi connectivity index (χ1) is 5.74. The van der Waals surface area contributed by atoms with E-state index in [1.165, 1.54) is 12.3 Å². The highest BCUT2D eigenvalue weighted by atomic mass is 16.5. The lowest BCUT2D eigenvalue weighted by Crippen LogP contribution is -2.28. The van der Waals surface area contributed by atoms with Crippen molar-refractivity contribution in [1.29, 1.82) is 0 Å². The summed E-state index contributed by atoms with van der Waals surface area (Å²) in [4.78, 5) is 11.0. The van der Waals surface area contributed by atoms with E-state index in [2.05, 4.69) is 0 Å². The highest BCUT2D eigenvalue weighted by Gasteiger charge is 2.22. The van der Waals surface area contributed by atoms with Crippen LogP contribution >= 0.6 is 0 Å². The Morgan fingerprint density at radius 2 is 2.58 bits per heavy atom. The summed E-state index contributed by atoms with van der Waals surface area (Å²) in [7, 11) is 1.65. The van der Waals surface area contributed by atoms with Gasteiger partial charge in [-0.1, -0.05) is 6.92 Å². The second-order valence-corrected chi connectivity index (χ2v) is 3.08. The topological polar surface area (TPSA) is 35.5 Å². The molecule has 2 unspecified atom stereocenters. The first-order valence-corrected chi connectivity index (χ1v) is 4.08. The molecular weight excluding hydrogens is 156 g/mol. The maximum absolute atomic E-state index is 11.0. The van der Waals surface area contributed by atoms with E-state index >= 15 is 0 Å². The first-order valence-electron chi connectivity index (χ1n) is 4.08. The quantitative estimate of drug-likeness (QED) is 0.637. The van der Waals surface area contributed by atoms with Gasteiger partial charge in [-0.2, -0.15) is 0 Å². The second kappa shape index (κ2) is 4.26.